The highest BCUT2D eigenvalue weighted by Gasteiger charge is 2.10. The van der Waals surface area contributed by atoms with Gasteiger partial charge in [0.05, 0.1) is 0 Å². The van der Waals surface area contributed by atoms with Crippen LogP contribution in [0.2, 0.25) is 0 Å². The van der Waals surface area contributed by atoms with Crippen molar-refractivity contribution in [2.45, 2.75) is 33.6 Å². The highest BCUT2D eigenvalue weighted by atomic mass is 16.5. The summed E-state index contributed by atoms with van der Waals surface area (Å²) in [5.41, 5.74) is 3.52. The molecule has 0 aliphatic carbocycles. The van der Waals surface area contributed by atoms with Gasteiger partial charge in [-0.3, -0.25) is 9.59 Å². The predicted octanol–water partition coefficient (Wildman–Crippen LogP) is 4.34. The van der Waals surface area contributed by atoms with Crippen molar-refractivity contribution in [3.8, 4) is 5.75 Å². The fourth-order valence-corrected chi connectivity index (χ4v) is 2.38. The van der Waals surface area contributed by atoms with Crippen LogP contribution in [0.25, 0.3) is 0 Å². The van der Waals surface area contributed by atoms with Gasteiger partial charge in [-0.25, -0.2) is 0 Å². The molecule has 0 radical (unpaired) electrons. The number of amides is 1. The van der Waals surface area contributed by atoms with Crippen molar-refractivity contribution in [1.82, 2.24) is 0 Å². The number of hydrogen-bond acceptors (Lipinski definition) is 3. The number of carbonyl (C=O) groups excluding carboxylic acids is 2. The Morgan fingerprint density at radius 2 is 1.75 bits per heavy atom. The molecule has 126 valence electrons. The molecule has 0 spiro atoms. The monoisotopic (exact) mass is 325 g/mol. The summed E-state index contributed by atoms with van der Waals surface area (Å²) in [6.07, 6.45) is 0. The largest absolute Gasteiger partial charge is 0.483 e. The van der Waals surface area contributed by atoms with Crippen molar-refractivity contribution in [2.24, 2.45) is 0 Å². The summed E-state index contributed by atoms with van der Waals surface area (Å²) in [6, 6.07) is 12.8. The number of hydrogen-bond donors (Lipinski definition) is 1. The number of rotatable bonds is 6. The second kappa shape index (κ2) is 7.77. The minimum Gasteiger partial charge on any atom is -0.483 e. The average Bonchev–Trinajstić information content (AvgIpc) is 2.54. The van der Waals surface area contributed by atoms with Crippen LogP contribution in [0.4, 0.5) is 5.69 Å². The first-order valence-corrected chi connectivity index (χ1v) is 8.01. The Hall–Kier alpha value is -2.62. The zero-order valence-electron chi connectivity index (χ0n) is 14.6. The highest BCUT2D eigenvalue weighted by molar-refractivity contribution is 5.95. The molecule has 4 nitrogen and oxygen atoms in total. The van der Waals surface area contributed by atoms with Crippen molar-refractivity contribution in [2.75, 3.05) is 11.9 Å². The molecule has 2 rings (SSSR count). The Kier molecular flexibility index (Phi) is 5.74. The molecule has 0 unspecified atom stereocenters. The number of ether oxygens (including phenoxy) is 1. The first-order valence-electron chi connectivity index (χ1n) is 8.01. The van der Waals surface area contributed by atoms with Crippen LogP contribution in [-0.4, -0.2) is 18.3 Å². The number of benzene rings is 2. The molecule has 0 bridgehead atoms. The minimum atomic E-state index is -0.235. The lowest BCUT2D eigenvalue weighted by molar-refractivity contribution is -0.118. The summed E-state index contributed by atoms with van der Waals surface area (Å²) in [6.45, 7) is 7.68. The van der Waals surface area contributed by atoms with Gasteiger partial charge in [0.25, 0.3) is 5.91 Å². The quantitative estimate of drug-likeness (QED) is 0.804. The first kappa shape index (κ1) is 17.7. The van der Waals surface area contributed by atoms with Crippen molar-refractivity contribution in [3.05, 3.63) is 59.2 Å². The van der Waals surface area contributed by atoms with E-state index < -0.39 is 0 Å². The van der Waals surface area contributed by atoms with Crippen LogP contribution in [0.3, 0.4) is 0 Å². The first-order chi connectivity index (χ1) is 11.4. The van der Waals surface area contributed by atoms with E-state index in [9.17, 15) is 9.59 Å². The van der Waals surface area contributed by atoms with Crippen LogP contribution in [0, 0.1) is 6.92 Å². The molecule has 4 heteroatoms. The van der Waals surface area contributed by atoms with Gasteiger partial charge >= 0.3 is 0 Å². The number of carbonyl (C=O) groups is 2. The Morgan fingerprint density at radius 1 is 1.08 bits per heavy atom. The van der Waals surface area contributed by atoms with Crippen LogP contribution in [0.5, 0.6) is 5.75 Å². The summed E-state index contributed by atoms with van der Waals surface area (Å²) < 4.78 is 5.68. The van der Waals surface area contributed by atoms with E-state index in [1.807, 2.05) is 19.1 Å². The maximum Gasteiger partial charge on any atom is 0.262 e. The van der Waals surface area contributed by atoms with Gasteiger partial charge in [-0.05, 0) is 55.7 Å². The van der Waals surface area contributed by atoms with Crippen molar-refractivity contribution < 1.29 is 14.3 Å². The zero-order valence-corrected chi connectivity index (χ0v) is 14.6. The lowest BCUT2D eigenvalue weighted by Gasteiger charge is -2.15. The smallest absolute Gasteiger partial charge is 0.262 e. The fraction of sp³-hybridized carbons (Fsp3) is 0.300. The summed E-state index contributed by atoms with van der Waals surface area (Å²) in [4.78, 5) is 23.3. The van der Waals surface area contributed by atoms with Crippen molar-refractivity contribution >= 4 is 17.4 Å². The summed E-state index contributed by atoms with van der Waals surface area (Å²) >= 11 is 0. The standard InChI is InChI=1S/C20H23NO3/c1-13(2)18-11-14(3)5-10-19(18)24-12-20(23)21-17-8-6-16(7-9-17)15(4)22/h5-11,13H,12H2,1-4H3,(H,21,23). The molecule has 0 aromatic heterocycles. The van der Waals surface area contributed by atoms with Crippen LogP contribution >= 0.6 is 0 Å². The van der Waals surface area contributed by atoms with Crippen molar-refractivity contribution in [3.63, 3.8) is 0 Å². The Labute approximate surface area is 142 Å². The second-order valence-electron chi connectivity index (χ2n) is 6.17. The minimum absolute atomic E-state index is 0.00297. The lowest BCUT2D eigenvalue weighted by atomic mass is 10.00. The van der Waals surface area contributed by atoms with E-state index in [4.69, 9.17) is 4.74 Å². The topological polar surface area (TPSA) is 55.4 Å². The van der Waals surface area contributed by atoms with E-state index in [0.29, 0.717) is 17.2 Å². The molecule has 0 fully saturated rings. The van der Waals surface area contributed by atoms with E-state index in [-0.39, 0.29) is 18.3 Å². The molecule has 24 heavy (non-hydrogen) atoms. The molecule has 0 saturated heterocycles. The molecule has 1 amide bonds. The van der Waals surface area contributed by atoms with E-state index >= 15 is 0 Å². The maximum absolute atomic E-state index is 12.0. The molecular formula is C20H23NO3. The molecule has 0 saturated carbocycles. The third kappa shape index (κ3) is 4.69. The van der Waals surface area contributed by atoms with Gasteiger partial charge in [0.1, 0.15) is 5.75 Å². The van der Waals surface area contributed by atoms with E-state index in [0.717, 1.165) is 11.3 Å². The van der Waals surface area contributed by atoms with E-state index in [1.165, 1.54) is 12.5 Å². The Balaban J connectivity index is 1.97. The number of nitrogens with one attached hydrogen (secondary N) is 1. The third-order valence-corrected chi connectivity index (χ3v) is 3.72. The third-order valence-electron chi connectivity index (χ3n) is 3.72. The van der Waals surface area contributed by atoms with E-state index in [2.05, 4.69) is 25.2 Å². The summed E-state index contributed by atoms with van der Waals surface area (Å²) in [7, 11) is 0. The lowest BCUT2D eigenvalue weighted by Crippen LogP contribution is -2.20. The van der Waals surface area contributed by atoms with Gasteiger partial charge in [-0.2, -0.15) is 0 Å². The van der Waals surface area contributed by atoms with Crippen LogP contribution in [-0.2, 0) is 4.79 Å². The van der Waals surface area contributed by atoms with E-state index in [1.54, 1.807) is 24.3 Å². The Bertz CT molecular complexity index is 733. The predicted molar refractivity (Wildman–Crippen MR) is 95.8 cm³/mol. The van der Waals surface area contributed by atoms with Crippen molar-refractivity contribution in [1.29, 1.82) is 0 Å². The molecule has 1 N–H and O–H groups in total. The van der Waals surface area contributed by atoms with Crippen LogP contribution in [0.1, 0.15) is 48.2 Å². The average molecular weight is 325 g/mol. The molecule has 0 atom stereocenters. The van der Waals surface area contributed by atoms with Gasteiger partial charge in [-0.1, -0.05) is 31.5 Å². The summed E-state index contributed by atoms with van der Waals surface area (Å²) in [5, 5.41) is 2.76. The van der Waals surface area contributed by atoms with Gasteiger partial charge in [0.15, 0.2) is 12.4 Å². The number of ketones is 1. The number of aryl methyl sites for hydroxylation is 1. The normalized spacial score (nSPS) is 10.5. The maximum atomic E-state index is 12.0. The Morgan fingerprint density at radius 3 is 2.33 bits per heavy atom. The molecule has 0 heterocycles. The van der Waals surface area contributed by atoms with Gasteiger partial charge in [0.2, 0.25) is 0 Å². The zero-order chi connectivity index (χ0) is 17.7. The van der Waals surface area contributed by atoms with Gasteiger partial charge < -0.3 is 10.1 Å². The second-order valence-corrected chi connectivity index (χ2v) is 6.17. The highest BCUT2D eigenvalue weighted by Crippen LogP contribution is 2.27. The molecule has 0 aliphatic rings. The summed E-state index contributed by atoms with van der Waals surface area (Å²) in [5.74, 6) is 0.817. The molecule has 2 aromatic carbocycles. The molecule has 2 aromatic rings. The molecular weight excluding hydrogens is 302 g/mol. The fourth-order valence-electron chi connectivity index (χ4n) is 2.38. The van der Waals surface area contributed by atoms with Crippen LogP contribution in [0.15, 0.2) is 42.5 Å². The number of anilines is 1. The van der Waals surface area contributed by atoms with Crippen LogP contribution < -0.4 is 10.1 Å². The van der Waals surface area contributed by atoms with Gasteiger partial charge in [0, 0.05) is 11.3 Å². The van der Waals surface area contributed by atoms with Gasteiger partial charge in [-0.15, -0.1) is 0 Å². The molecule has 0 aliphatic heterocycles. The number of Topliss-reactive ketones (excluding diaryl/α,β-unsaturated/α-hetero) is 1. The SMILES string of the molecule is CC(=O)c1ccc(NC(=O)COc2ccc(C)cc2C(C)C)cc1.